The number of benzene rings is 2. The molecular formula is C24H26N2O4. The highest BCUT2D eigenvalue weighted by Crippen LogP contribution is 2.35. The maximum atomic E-state index is 13.4. The van der Waals surface area contributed by atoms with E-state index in [1.807, 2.05) is 47.4 Å². The summed E-state index contributed by atoms with van der Waals surface area (Å²) in [7, 11) is 0. The Morgan fingerprint density at radius 2 is 1.60 bits per heavy atom. The number of carbonyl (C=O) groups excluding carboxylic acids is 2. The van der Waals surface area contributed by atoms with Gasteiger partial charge >= 0.3 is 0 Å². The number of hydrogen-bond donors (Lipinski definition) is 0. The molecule has 1 fully saturated rings. The molecule has 0 N–H and O–H groups in total. The average Bonchev–Trinajstić information content (AvgIpc) is 3.04. The van der Waals surface area contributed by atoms with Crippen LogP contribution in [0.25, 0.3) is 5.57 Å². The molecule has 2 aliphatic rings. The first-order chi connectivity index (χ1) is 14.6. The molecular weight excluding hydrogens is 380 g/mol. The first-order valence-electron chi connectivity index (χ1n) is 10.3. The summed E-state index contributed by atoms with van der Waals surface area (Å²) in [5, 5.41) is 0. The summed E-state index contributed by atoms with van der Waals surface area (Å²) in [6, 6.07) is 16.5. The van der Waals surface area contributed by atoms with Crippen molar-refractivity contribution in [3.05, 3.63) is 65.9 Å². The highest BCUT2D eigenvalue weighted by atomic mass is 16.5. The zero-order chi connectivity index (χ0) is 21.1. The number of morpholine rings is 1. The van der Waals surface area contributed by atoms with Crippen molar-refractivity contribution in [3.63, 3.8) is 0 Å². The standard InChI is InChI=1S/C24H26N2O4/c1-17(2)16-30-20-10-8-18(9-11-20)21-22(25-12-14-29-15-13-25)24(28)26(23(21)27)19-6-4-3-5-7-19/h3-11,17H,12-16H2,1-2H3. The van der Waals surface area contributed by atoms with Crippen LogP contribution in [0.1, 0.15) is 19.4 Å². The number of nitrogens with zero attached hydrogens (tertiary/aromatic N) is 2. The lowest BCUT2D eigenvalue weighted by molar-refractivity contribution is -0.121. The highest BCUT2D eigenvalue weighted by Gasteiger charge is 2.42. The highest BCUT2D eigenvalue weighted by molar-refractivity contribution is 6.45. The number of para-hydroxylation sites is 1. The topological polar surface area (TPSA) is 59.1 Å². The van der Waals surface area contributed by atoms with Gasteiger partial charge in [-0.2, -0.15) is 0 Å². The number of hydrogen-bond acceptors (Lipinski definition) is 5. The number of ether oxygens (including phenoxy) is 2. The van der Waals surface area contributed by atoms with Gasteiger partial charge in [0.15, 0.2) is 0 Å². The van der Waals surface area contributed by atoms with E-state index < -0.39 is 0 Å². The fourth-order valence-electron chi connectivity index (χ4n) is 3.65. The quantitative estimate of drug-likeness (QED) is 0.689. The number of imide groups is 1. The first-order valence-corrected chi connectivity index (χ1v) is 10.3. The van der Waals surface area contributed by atoms with Gasteiger partial charge in [0, 0.05) is 13.1 Å². The Morgan fingerprint density at radius 1 is 0.933 bits per heavy atom. The molecule has 4 rings (SSSR count). The Kier molecular flexibility index (Phi) is 5.86. The van der Waals surface area contributed by atoms with Gasteiger partial charge < -0.3 is 14.4 Å². The van der Waals surface area contributed by atoms with E-state index in [1.54, 1.807) is 12.1 Å². The van der Waals surface area contributed by atoms with Crippen molar-refractivity contribution in [1.82, 2.24) is 4.90 Å². The van der Waals surface area contributed by atoms with Crippen LogP contribution in [-0.2, 0) is 14.3 Å². The van der Waals surface area contributed by atoms with Crippen LogP contribution < -0.4 is 9.64 Å². The Hall–Kier alpha value is -3.12. The summed E-state index contributed by atoms with van der Waals surface area (Å²) in [4.78, 5) is 30.0. The van der Waals surface area contributed by atoms with Crippen LogP contribution in [0.15, 0.2) is 60.3 Å². The number of amides is 2. The Labute approximate surface area is 176 Å². The average molecular weight is 406 g/mol. The lowest BCUT2D eigenvalue weighted by Gasteiger charge is -2.29. The van der Waals surface area contributed by atoms with Crippen LogP contribution in [0.5, 0.6) is 5.75 Å². The summed E-state index contributed by atoms with van der Waals surface area (Å²) in [6.07, 6.45) is 0. The van der Waals surface area contributed by atoms with Gasteiger partial charge in [0.2, 0.25) is 0 Å². The van der Waals surface area contributed by atoms with E-state index in [9.17, 15) is 9.59 Å². The second-order valence-electron chi connectivity index (χ2n) is 7.83. The van der Waals surface area contributed by atoms with Crippen LogP contribution in [-0.4, -0.2) is 49.6 Å². The zero-order valence-electron chi connectivity index (χ0n) is 17.3. The summed E-state index contributed by atoms with van der Waals surface area (Å²) in [6.45, 7) is 7.03. The minimum absolute atomic E-state index is 0.289. The fourth-order valence-corrected chi connectivity index (χ4v) is 3.65. The van der Waals surface area contributed by atoms with Crippen molar-refractivity contribution in [2.45, 2.75) is 13.8 Å². The van der Waals surface area contributed by atoms with Crippen molar-refractivity contribution in [2.24, 2.45) is 5.92 Å². The van der Waals surface area contributed by atoms with Crippen molar-refractivity contribution in [3.8, 4) is 5.75 Å². The Balaban J connectivity index is 1.71. The van der Waals surface area contributed by atoms with Crippen LogP contribution in [0.2, 0.25) is 0 Å². The van der Waals surface area contributed by atoms with E-state index in [0.717, 1.165) is 5.75 Å². The lowest BCUT2D eigenvalue weighted by Crippen LogP contribution is -2.40. The summed E-state index contributed by atoms with van der Waals surface area (Å²) in [5.41, 5.74) is 2.17. The molecule has 2 aliphatic heterocycles. The number of rotatable bonds is 6. The lowest BCUT2D eigenvalue weighted by atomic mass is 10.0. The van der Waals surface area contributed by atoms with E-state index in [2.05, 4.69) is 13.8 Å². The van der Waals surface area contributed by atoms with Crippen LogP contribution >= 0.6 is 0 Å². The molecule has 2 amide bonds. The van der Waals surface area contributed by atoms with E-state index in [-0.39, 0.29) is 11.8 Å². The maximum Gasteiger partial charge on any atom is 0.282 e. The Morgan fingerprint density at radius 3 is 2.23 bits per heavy atom. The van der Waals surface area contributed by atoms with Gasteiger partial charge in [0.25, 0.3) is 11.8 Å². The summed E-state index contributed by atoms with van der Waals surface area (Å²) < 4.78 is 11.2. The predicted molar refractivity (Wildman–Crippen MR) is 115 cm³/mol. The molecule has 0 saturated carbocycles. The van der Waals surface area contributed by atoms with Gasteiger partial charge in [-0.3, -0.25) is 9.59 Å². The molecule has 6 nitrogen and oxygen atoms in total. The van der Waals surface area contributed by atoms with Gasteiger partial charge in [-0.1, -0.05) is 44.2 Å². The molecule has 6 heteroatoms. The summed E-state index contributed by atoms with van der Waals surface area (Å²) in [5.74, 6) is 0.582. The molecule has 0 spiro atoms. The zero-order valence-corrected chi connectivity index (χ0v) is 17.3. The molecule has 0 bridgehead atoms. The van der Waals surface area contributed by atoms with Gasteiger partial charge in [-0.05, 0) is 35.7 Å². The van der Waals surface area contributed by atoms with Crippen molar-refractivity contribution in [2.75, 3.05) is 37.8 Å². The number of anilines is 1. The third kappa shape index (κ3) is 3.96. The third-order valence-corrected chi connectivity index (χ3v) is 5.13. The summed E-state index contributed by atoms with van der Waals surface area (Å²) >= 11 is 0. The molecule has 2 aromatic rings. The third-order valence-electron chi connectivity index (χ3n) is 5.13. The molecule has 0 unspecified atom stereocenters. The van der Waals surface area contributed by atoms with Gasteiger partial charge in [0.05, 0.1) is 31.1 Å². The monoisotopic (exact) mass is 406 g/mol. The molecule has 156 valence electrons. The van der Waals surface area contributed by atoms with Gasteiger partial charge in [0.1, 0.15) is 11.4 Å². The van der Waals surface area contributed by atoms with Crippen LogP contribution in [0, 0.1) is 5.92 Å². The van der Waals surface area contributed by atoms with Crippen molar-refractivity contribution in [1.29, 1.82) is 0 Å². The minimum Gasteiger partial charge on any atom is -0.493 e. The van der Waals surface area contributed by atoms with Crippen LogP contribution in [0.4, 0.5) is 5.69 Å². The fraction of sp³-hybridized carbons (Fsp3) is 0.333. The molecule has 30 heavy (non-hydrogen) atoms. The Bertz CT molecular complexity index is 945. The normalized spacial score (nSPS) is 17.3. The largest absolute Gasteiger partial charge is 0.493 e. The predicted octanol–water partition coefficient (Wildman–Crippen LogP) is 3.34. The molecule has 2 aromatic carbocycles. The second-order valence-corrected chi connectivity index (χ2v) is 7.83. The molecule has 0 aromatic heterocycles. The maximum absolute atomic E-state index is 13.4. The molecule has 0 radical (unpaired) electrons. The van der Waals surface area contributed by atoms with Crippen molar-refractivity contribution < 1.29 is 19.1 Å². The van der Waals surface area contributed by atoms with Gasteiger partial charge in [-0.25, -0.2) is 4.90 Å². The van der Waals surface area contributed by atoms with Crippen LogP contribution in [0.3, 0.4) is 0 Å². The molecule has 0 atom stereocenters. The second kappa shape index (κ2) is 8.71. The van der Waals surface area contributed by atoms with E-state index in [0.29, 0.717) is 61.3 Å². The SMILES string of the molecule is CC(C)COc1ccc(C2=C(N3CCOCC3)C(=O)N(c3ccccc3)C2=O)cc1. The van der Waals surface area contributed by atoms with E-state index >= 15 is 0 Å². The molecule has 0 aliphatic carbocycles. The molecule has 1 saturated heterocycles. The number of carbonyl (C=O) groups is 2. The first kappa shape index (κ1) is 20.2. The minimum atomic E-state index is -0.302. The van der Waals surface area contributed by atoms with E-state index in [4.69, 9.17) is 9.47 Å². The van der Waals surface area contributed by atoms with Crippen molar-refractivity contribution >= 4 is 23.1 Å². The molecule has 2 heterocycles. The smallest absolute Gasteiger partial charge is 0.282 e. The van der Waals surface area contributed by atoms with E-state index in [1.165, 1.54) is 4.90 Å². The van der Waals surface area contributed by atoms with Gasteiger partial charge in [-0.15, -0.1) is 0 Å².